The molecule has 148 valence electrons. The van der Waals surface area contributed by atoms with Crippen LogP contribution in [-0.2, 0) is 4.79 Å². The van der Waals surface area contributed by atoms with Crippen molar-refractivity contribution >= 4 is 11.9 Å². The molecule has 2 aliphatic rings. The highest BCUT2D eigenvalue weighted by Crippen LogP contribution is 2.18. The highest BCUT2D eigenvalue weighted by atomic mass is 16.5. The summed E-state index contributed by atoms with van der Waals surface area (Å²) in [4.78, 5) is 28.7. The molecule has 6 nitrogen and oxygen atoms in total. The summed E-state index contributed by atoms with van der Waals surface area (Å²) < 4.78 is 5.65. The van der Waals surface area contributed by atoms with Gasteiger partial charge in [-0.25, -0.2) is 4.79 Å². The van der Waals surface area contributed by atoms with E-state index >= 15 is 0 Å². The van der Waals surface area contributed by atoms with E-state index in [9.17, 15) is 9.59 Å². The molecule has 3 rings (SSSR count). The van der Waals surface area contributed by atoms with Gasteiger partial charge in [0, 0.05) is 38.6 Å². The number of benzene rings is 1. The van der Waals surface area contributed by atoms with Crippen LogP contribution in [0.2, 0.25) is 0 Å². The van der Waals surface area contributed by atoms with Gasteiger partial charge in [0.15, 0.2) is 0 Å². The number of urea groups is 1. The molecule has 1 heterocycles. The van der Waals surface area contributed by atoms with E-state index in [4.69, 9.17) is 4.74 Å². The van der Waals surface area contributed by atoms with E-state index in [-0.39, 0.29) is 11.9 Å². The first-order chi connectivity index (χ1) is 13.2. The van der Waals surface area contributed by atoms with Crippen LogP contribution in [0.25, 0.3) is 0 Å². The van der Waals surface area contributed by atoms with Crippen molar-refractivity contribution in [1.82, 2.24) is 15.1 Å². The van der Waals surface area contributed by atoms with E-state index in [1.54, 1.807) is 0 Å². The van der Waals surface area contributed by atoms with Gasteiger partial charge in [-0.15, -0.1) is 0 Å². The lowest BCUT2D eigenvalue weighted by atomic mass is 10.2. The maximum atomic E-state index is 12.5. The molecule has 3 amide bonds. The van der Waals surface area contributed by atoms with Gasteiger partial charge in [-0.2, -0.15) is 0 Å². The third-order valence-electron chi connectivity index (χ3n) is 5.37. The molecular formula is C21H31N3O3. The molecule has 27 heavy (non-hydrogen) atoms. The number of para-hydroxylation sites is 1. The predicted molar refractivity (Wildman–Crippen MR) is 105 cm³/mol. The SMILES string of the molecule is O=C(CCCOc1ccccc1)N1CCCN(C(=O)NC2CCCC2)CC1. The zero-order valence-electron chi connectivity index (χ0n) is 16.1. The van der Waals surface area contributed by atoms with Crippen LogP contribution in [0.3, 0.4) is 0 Å². The topological polar surface area (TPSA) is 61.9 Å². The molecule has 1 saturated heterocycles. The molecule has 0 unspecified atom stereocenters. The zero-order valence-corrected chi connectivity index (χ0v) is 16.1. The summed E-state index contributed by atoms with van der Waals surface area (Å²) in [6.07, 6.45) is 6.63. The maximum absolute atomic E-state index is 12.5. The minimum absolute atomic E-state index is 0.0347. The summed E-state index contributed by atoms with van der Waals surface area (Å²) in [5.41, 5.74) is 0. The van der Waals surface area contributed by atoms with E-state index in [1.807, 2.05) is 40.1 Å². The van der Waals surface area contributed by atoms with Crippen LogP contribution in [0, 0.1) is 0 Å². The van der Waals surface area contributed by atoms with Gasteiger partial charge in [-0.05, 0) is 37.8 Å². The fraction of sp³-hybridized carbons (Fsp3) is 0.619. The summed E-state index contributed by atoms with van der Waals surface area (Å²) in [6, 6.07) is 10.0. The van der Waals surface area contributed by atoms with Crippen molar-refractivity contribution in [3.05, 3.63) is 30.3 Å². The van der Waals surface area contributed by atoms with Gasteiger partial charge < -0.3 is 19.9 Å². The minimum atomic E-state index is 0.0347. The van der Waals surface area contributed by atoms with Crippen LogP contribution < -0.4 is 10.1 Å². The maximum Gasteiger partial charge on any atom is 0.317 e. The van der Waals surface area contributed by atoms with E-state index in [0.717, 1.165) is 38.1 Å². The molecule has 6 heteroatoms. The van der Waals surface area contributed by atoms with Crippen molar-refractivity contribution in [2.45, 2.75) is 51.0 Å². The highest BCUT2D eigenvalue weighted by molar-refractivity contribution is 5.77. The Morgan fingerprint density at radius 1 is 0.963 bits per heavy atom. The largest absolute Gasteiger partial charge is 0.494 e. The first kappa shape index (κ1) is 19.5. The minimum Gasteiger partial charge on any atom is -0.494 e. The van der Waals surface area contributed by atoms with E-state index < -0.39 is 0 Å². The van der Waals surface area contributed by atoms with Crippen molar-refractivity contribution in [3.63, 3.8) is 0 Å². The third kappa shape index (κ3) is 6.15. The van der Waals surface area contributed by atoms with Crippen molar-refractivity contribution in [2.24, 2.45) is 0 Å². The lowest BCUT2D eigenvalue weighted by Gasteiger charge is -2.24. The van der Waals surface area contributed by atoms with Crippen LogP contribution in [0.15, 0.2) is 30.3 Å². The number of carbonyl (C=O) groups excluding carboxylic acids is 2. The van der Waals surface area contributed by atoms with Crippen molar-refractivity contribution in [3.8, 4) is 5.75 Å². The van der Waals surface area contributed by atoms with Gasteiger partial charge in [-0.3, -0.25) is 4.79 Å². The summed E-state index contributed by atoms with van der Waals surface area (Å²) in [5, 5.41) is 3.14. The molecule has 0 spiro atoms. The first-order valence-corrected chi connectivity index (χ1v) is 10.2. The Morgan fingerprint density at radius 3 is 2.44 bits per heavy atom. The molecule has 1 N–H and O–H groups in total. The molecule has 0 aromatic heterocycles. The Labute approximate surface area is 161 Å². The van der Waals surface area contributed by atoms with Gasteiger partial charge in [0.05, 0.1) is 6.61 Å². The average molecular weight is 373 g/mol. The quantitative estimate of drug-likeness (QED) is 0.780. The Balaban J connectivity index is 1.35. The van der Waals surface area contributed by atoms with Crippen LogP contribution in [0.5, 0.6) is 5.75 Å². The number of hydrogen-bond donors (Lipinski definition) is 1. The van der Waals surface area contributed by atoms with Gasteiger partial charge in [0.25, 0.3) is 0 Å². The molecule has 1 aromatic carbocycles. The van der Waals surface area contributed by atoms with Gasteiger partial charge in [0.2, 0.25) is 5.91 Å². The Bertz CT molecular complexity index is 602. The zero-order chi connectivity index (χ0) is 18.9. The fourth-order valence-electron chi connectivity index (χ4n) is 3.79. The van der Waals surface area contributed by atoms with Crippen LogP contribution in [0.4, 0.5) is 4.79 Å². The second-order valence-electron chi connectivity index (χ2n) is 7.42. The Kier molecular flexibility index (Phi) is 7.36. The lowest BCUT2D eigenvalue weighted by Crippen LogP contribution is -2.45. The molecule has 1 aromatic rings. The molecule has 2 fully saturated rings. The van der Waals surface area contributed by atoms with Crippen molar-refractivity contribution in [2.75, 3.05) is 32.8 Å². The second-order valence-corrected chi connectivity index (χ2v) is 7.42. The number of hydrogen-bond acceptors (Lipinski definition) is 3. The summed E-state index contributed by atoms with van der Waals surface area (Å²) in [5.74, 6) is 0.994. The lowest BCUT2D eigenvalue weighted by molar-refractivity contribution is -0.131. The number of carbonyl (C=O) groups is 2. The summed E-state index contributed by atoms with van der Waals surface area (Å²) in [6.45, 7) is 3.23. The first-order valence-electron chi connectivity index (χ1n) is 10.2. The molecule has 0 atom stereocenters. The number of amides is 3. The van der Waals surface area contributed by atoms with Crippen LogP contribution in [0.1, 0.15) is 44.9 Å². The molecular weight excluding hydrogens is 342 g/mol. The number of ether oxygens (including phenoxy) is 1. The Hall–Kier alpha value is -2.24. The smallest absolute Gasteiger partial charge is 0.317 e. The predicted octanol–water partition coefficient (Wildman–Crippen LogP) is 3.03. The normalized spacial score (nSPS) is 18.2. The van der Waals surface area contributed by atoms with E-state index in [2.05, 4.69) is 5.32 Å². The molecule has 0 bridgehead atoms. The molecule has 1 saturated carbocycles. The van der Waals surface area contributed by atoms with Gasteiger partial charge >= 0.3 is 6.03 Å². The van der Waals surface area contributed by atoms with Crippen molar-refractivity contribution < 1.29 is 14.3 Å². The van der Waals surface area contributed by atoms with E-state index in [1.165, 1.54) is 12.8 Å². The Morgan fingerprint density at radius 2 is 1.67 bits per heavy atom. The molecule has 1 aliphatic carbocycles. The number of nitrogens with one attached hydrogen (secondary N) is 1. The number of nitrogens with zero attached hydrogens (tertiary/aromatic N) is 2. The summed E-state index contributed by atoms with van der Waals surface area (Å²) >= 11 is 0. The van der Waals surface area contributed by atoms with E-state index in [0.29, 0.717) is 38.6 Å². The second kappa shape index (κ2) is 10.2. The monoisotopic (exact) mass is 373 g/mol. The van der Waals surface area contributed by atoms with Gasteiger partial charge in [0.1, 0.15) is 5.75 Å². The van der Waals surface area contributed by atoms with Gasteiger partial charge in [-0.1, -0.05) is 31.0 Å². The van der Waals surface area contributed by atoms with Crippen LogP contribution in [-0.4, -0.2) is 60.6 Å². The fourth-order valence-corrected chi connectivity index (χ4v) is 3.79. The highest BCUT2D eigenvalue weighted by Gasteiger charge is 2.24. The van der Waals surface area contributed by atoms with Crippen molar-refractivity contribution in [1.29, 1.82) is 0 Å². The summed E-state index contributed by atoms with van der Waals surface area (Å²) in [7, 11) is 0. The third-order valence-corrected chi connectivity index (χ3v) is 5.37. The molecule has 0 radical (unpaired) electrons. The molecule has 1 aliphatic heterocycles. The number of rotatable bonds is 6. The average Bonchev–Trinajstić information content (AvgIpc) is 3.07. The van der Waals surface area contributed by atoms with Crippen LogP contribution >= 0.6 is 0 Å². The standard InChI is InChI=1S/C21H31N3O3/c25-20(12-6-17-27-19-10-2-1-3-11-19)23-13-7-14-24(16-15-23)21(26)22-18-8-4-5-9-18/h1-3,10-11,18H,4-9,12-17H2,(H,22,26).